The molecule has 20 nitrogen and oxygen atoms in total. The summed E-state index contributed by atoms with van der Waals surface area (Å²) in [6.45, 7) is 6.87. The highest BCUT2D eigenvalue weighted by atomic mass is 19.1. The molecule has 2 bridgehead atoms. The second-order valence-electron chi connectivity index (χ2n) is 19.2. The predicted octanol–water partition coefficient (Wildman–Crippen LogP) is 4.80. The summed E-state index contributed by atoms with van der Waals surface area (Å²) in [5.74, 6) is 1.14. The lowest BCUT2D eigenvalue weighted by atomic mass is 9.90. The molecule has 21 heteroatoms. The number of imide groups is 1. The van der Waals surface area contributed by atoms with Crippen LogP contribution in [0.25, 0.3) is 38.9 Å². The summed E-state index contributed by atoms with van der Waals surface area (Å²) in [5.41, 5.74) is 6.43. The molecule has 1 N–H and O–H groups in total. The van der Waals surface area contributed by atoms with Gasteiger partial charge in [-0.2, -0.15) is 20.6 Å². The number of amides is 3. The van der Waals surface area contributed by atoms with Gasteiger partial charge in [0.25, 0.3) is 0 Å². The summed E-state index contributed by atoms with van der Waals surface area (Å²) in [4.78, 5) is 49.7. The van der Waals surface area contributed by atoms with Crippen LogP contribution in [0.15, 0.2) is 73.6 Å². The number of urea groups is 1. The van der Waals surface area contributed by atoms with Crippen LogP contribution in [0.1, 0.15) is 49.3 Å². The molecule has 7 aromatic rings. The van der Waals surface area contributed by atoms with Crippen LogP contribution in [0, 0.1) is 17.1 Å². The van der Waals surface area contributed by atoms with Crippen LogP contribution in [-0.2, 0) is 23.1 Å². The monoisotopic (exact) mass is 960 g/mol. The average Bonchev–Trinajstić information content (AvgIpc) is 4.14. The van der Waals surface area contributed by atoms with Crippen molar-refractivity contribution in [1.82, 2.24) is 59.2 Å². The molecule has 1 saturated carbocycles. The first-order valence-electron chi connectivity index (χ1n) is 24.3. The van der Waals surface area contributed by atoms with Gasteiger partial charge in [-0.05, 0) is 55.5 Å². The molecular weight excluding hydrogens is 908 g/mol. The minimum absolute atomic E-state index is 0.163. The zero-order chi connectivity index (χ0) is 48.3. The first-order valence-corrected chi connectivity index (χ1v) is 24.3. The number of hydrogen-bond donors (Lipinski definition) is 1. The zero-order valence-electron chi connectivity index (χ0n) is 39.6. The van der Waals surface area contributed by atoms with Gasteiger partial charge in [0.1, 0.15) is 28.8 Å². The number of pyridine rings is 2. The number of fused-ring (bicyclic) bond motifs is 4. The molecule has 4 saturated heterocycles. The molecule has 3 amide bonds. The maximum absolute atomic E-state index is 15.8. The maximum atomic E-state index is 15.8. The molecule has 4 aliphatic heterocycles. The molecule has 10 heterocycles. The number of methoxy groups -OCH3 is 1. The van der Waals surface area contributed by atoms with Gasteiger partial charge in [-0.15, -0.1) is 0 Å². The molecule has 12 rings (SSSR count). The van der Waals surface area contributed by atoms with Gasteiger partial charge in [0.05, 0.1) is 79.6 Å². The van der Waals surface area contributed by atoms with Crippen molar-refractivity contribution in [3.63, 3.8) is 0 Å². The number of hydrogen-bond acceptors (Lipinski definition) is 15. The van der Waals surface area contributed by atoms with E-state index in [1.54, 1.807) is 29.6 Å². The third-order valence-electron chi connectivity index (χ3n) is 15.1. The number of benzene rings is 1. The van der Waals surface area contributed by atoms with Crippen molar-refractivity contribution < 1.29 is 23.5 Å². The van der Waals surface area contributed by atoms with Crippen molar-refractivity contribution in [2.45, 2.75) is 62.8 Å². The van der Waals surface area contributed by atoms with Gasteiger partial charge >= 0.3 is 6.03 Å². The van der Waals surface area contributed by atoms with Gasteiger partial charge in [-0.3, -0.25) is 34.2 Å². The number of carbonyl (C=O) groups is 2. The Hall–Kier alpha value is -7.54. The summed E-state index contributed by atoms with van der Waals surface area (Å²) < 4.78 is 32.6. The molecule has 5 fully saturated rings. The molecule has 2 atom stereocenters. The van der Waals surface area contributed by atoms with Crippen LogP contribution >= 0.6 is 0 Å². The van der Waals surface area contributed by atoms with Crippen LogP contribution in [0.3, 0.4) is 0 Å². The van der Waals surface area contributed by atoms with Gasteiger partial charge in [0, 0.05) is 113 Å². The second kappa shape index (κ2) is 18.3. The number of ether oxygens (including phenoxy) is 2. The van der Waals surface area contributed by atoms with Gasteiger partial charge in [-0.25, -0.2) is 28.7 Å². The lowest BCUT2D eigenvalue weighted by molar-refractivity contribution is -0.120. The highest BCUT2D eigenvalue weighted by Gasteiger charge is 2.39. The minimum Gasteiger partial charge on any atom is -0.481 e. The fourth-order valence-corrected chi connectivity index (χ4v) is 11.3. The van der Waals surface area contributed by atoms with Crippen molar-refractivity contribution in [3.05, 3.63) is 90.5 Å². The molecule has 5 aliphatic rings. The Morgan fingerprint density at radius 2 is 1.66 bits per heavy atom. The molecule has 71 heavy (non-hydrogen) atoms. The van der Waals surface area contributed by atoms with Crippen LogP contribution in [0.5, 0.6) is 5.88 Å². The Morgan fingerprint density at radius 1 is 0.859 bits per heavy atom. The number of nitriles is 1. The van der Waals surface area contributed by atoms with Gasteiger partial charge in [0.15, 0.2) is 5.82 Å². The summed E-state index contributed by atoms with van der Waals surface area (Å²) >= 11 is 0. The molecule has 1 aromatic carbocycles. The Labute approximate surface area is 408 Å². The van der Waals surface area contributed by atoms with E-state index in [9.17, 15) is 14.9 Å². The topological polar surface area (TPSA) is 196 Å². The number of aryl methyl sites for hydroxylation is 1. The smallest absolute Gasteiger partial charge is 0.329 e. The largest absolute Gasteiger partial charge is 0.481 e. The molecule has 364 valence electrons. The number of nitrogens with one attached hydrogen (secondary N) is 1. The third kappa shape index (κ3) is 8.34. The SMILES string of the molecule is COc1ccc(CN2[C@@H]3COC[C@H]2CN(c2ccc(-c4nc(-c5cnn(C6CCC(N7CCN(c8cc9c(cc8F)c(N8CCC(=O)NC8=O)nn9C)CC7)CC6)c5)cn5ncc(C#N)c45)cn2)C3)cn1. The van der Waals surface area contributed by atoms with Crippen molar-refractivity contribution in [3.8, 4) is 34.5 Å². The summed E-state index contributed by atoms with van der Waals surface area (Å²) in [6, 6.07) is 14.2. The average molecular weight is 961 g/mol. The number of nitrogens with zero attached hydrogens (tertiary/aromatic N) is 15. The van der Waals surface area contributed by atoms with Crippen molar-refractivity contribution in [1.29, 1.82) is 5.26 Å². The van der Waals surface area contributed by atoms with E-state index in [0.29, 0.717) is 77.6 Å². The number of piperazine rings is 2. The lowest BCUT2D eigenvalue weighted by Crippen LogP contribution is -2.64. The number of anilines is 3. The van der Waals surface area contributed by atoms with Crippen LogP contribution in [-0.4, -0.2) is 150 Å². The Kier molecular flexibility index (Phi) is 11.5. The standard InChI is InChI=1S/C50H53FN16O4/c1-60-42-18-43(40(51)17-39(42)49(59-60)64-12-11-45(68)58-50(64)69)62-15-13-61(14-16-62)35-5-7-36(8-6-35)66-25-34(23-55-66)41-28-67-48(33(19-52)22-56-67)47(57-41)32-4-9-44(53-21-32)63-26-37-29-71-30-38(27-63)65(37)24-31-3-10-46(70-2)54-20-31/h3-4,9-10,17-18,20-23,25,28,35-38H,5-8,11-16,24,26-27,29-30H2,1-2H3,(H,58,68,69)/t35?,36?,37-,38+. The van der Waals surface area contributed by atoms with E-state index in [4.69, 9.17) is 24.5 Å². The minimum atomic E-state index is -0.547. The number of rotatable bonds is 10. The van der Waals surface area contributed by atoms with Crippen LogP contribution in [0.4, 0.5) is 26.5 Å². The van der Waals surface area contributed by atoms with Crippen molar-refractivity contribution in [2.75, 3.05) is 80.8 Å². The number of carbonyl (C=O) groups excluding carboxylic acids is 2. The fourth-order valence-electron chi connectivity index (χ4n) is 11.3. The first kappa shape index (κ1) is 44.7. The Balaban J connectivity index is 0.692. The third-order valence-corrected chi connectivity index (χ3v) is 15.1. The predicted molar refractivity (Wildman–Crippen MR) is 260 cm³/mol. The van der Waals surface area contributed by atoms with Gasteiger partial charge in [-0.1, -0.05) is 6.07 Å². The highest BCUT2D eigenvalue weighted by Crippen LogP contribution is 2.37. The fraction of sp³-hybridized carbons (Fsp3) is 0.420. The quantitative estimate of drug-likeness (QED) is 0.196. The Morgan fingerprint density at radius 3 is 2.38 bits per heavy atom. The molecule has 0 spiro atoms. The highest BCUT2D eigenvalue weighted by molar-refractivity contribution is 6.09. The van der Waals surface area contributed by atoms with Gasteiger partial charge < -0.3 is 19.3 Å². The van der Waals surface area contributed by atoms with E-state index in [2.05, 4.69) is 63.1 Å². The Bertz CT molecular complexity index is 3170. The number of halogens is 1. The molecule has 0 unspecified atom stereocenters. The van der Waals surface area contributed by atoms with E-state index < -0.39 is 6.03 Å². The molecule has 0 radical (unpaired) electrons. The zero-order valence-corrected chi connectivity index (χ0v) is 39.6. The van der Waals surface area contributed by atoms with E-state index in [1.807, 2.05) is 49.1 Å². The normalized spacial score (nSPS) is 22.3. The van der Waals surface area contributed by atoms with Crippen LogP contribution in [0.2, 0.25) is 0 Å². The summed E-state index contributed by atoms with van der Waals surface area (Å²) in [7, 11) is 3.41. The molecule has 1 aliphatic carbocycles. The maximum Gasteiger partial charge on any atom is 0.329 e. The molecule has 6 aromatic heterocycles. The van der Waals surface area contributed by atoms with Crippen molar-refractivity contribution >= 4 is 45.7 Å². The van der Waals surface area contributed by atoms with E-state index in [0.717, 1.165) is 86.4 Å². The molecular formula is C50H53FN16O4. The summed E-state index contributed by atoms with van der Waals surface area (Å²) in [5, 5.41) is 26.9. The first-order chi connectivity index (χ1) is 34.7. The number of aromatic nitrogens is 9. The van der Waals surface area contributed by atoms with Gasteiger partial charge in [0.2, 0.25) is 11.8 Å². The van der Waals surface area contributed by atoms with E-state index >= 15 is 4.39 Å². The lowest BCUT2D eigenvalue weighted by Gasteiger charge is -2.50. The van der Waals surface area contributed by atoms with E-state index in [1.165, 1.54) is 11.0 Å². The van der Waals surface area contributed by atoms with E-state index in [-0.39, 0.29) is 42.8 Å². The number of morpholine rings is 1. The van der Waals surface area contributed by atoms with Crippen molar-refractivity contribution in [2.24, 2.45) is 7.05 Å². The second-order valence-corrected chi connectivity index (χ2v) is 19.2. The van der Waals surface area contributed by atoms with Crippen LogP contribution < -0.4 is 24.8 Å². The summed E-state index contributed by atoms with van der Waals surface area (Å²) in [6.07, 6.45) is 15.3.